The van der Waals surface area contributed by atoms with E-state index in [4.69, 9.17) is 15.4 Å². The third kappa shape index (κ3) is 1.98. The molecule has 1 aliphatic rings. The lowest BCUT2D eigenvalue weighted by Gasteiger charge is -2.23. The third-order valence-corrected chi connectivity index (χ3v) is 3.52. The molecule has 1 unspecified atom stereocenters. The topological polar surface area (TPSA) is 72.5 Å². The van der Waals surface area contributed by atoms with Crippen molar-refractivity contribution in [1.82, 2.24) is 0 Å². The summed E-state index contributed by atoms with van der Waals surface area (Å²) in [4.78, 5) is 11.2. The van der Waals surface area contributed by atoms with Crippen LogP contribution in [0.15, 0.2) is 23.1 Å². The van der Waals surface area contributed by atoms with Crippen molar-refractivity contribution in [3.8, 4) is 5.75 Å². The SMILES string of the molecule is CC1Oc2cc(S(=O)(=O)Cl)ccc2NC1=O. The van der Waals surface area contributed by atoms with Gasteiger partial charge >= 0.3 is 0 Å². The summed E-state index contributed by atoms with van der Waals surface area (Å²) in [7, 11) is 1.41. The molecule has 0 saturated heterocycles. The van der Waals surface area contributed by atoms with Crippen LogP contribution in [0, 0.1) is 0 Å². The van der Waals surface area contributed by atoms with E-state index in [1.54, 1.807) is 6.92 Å². The van der Waals surface area contributed by atoms with E-state index in [9.17, 15) is 13.2 Å². The molecule has 86 valence electrons. The van der Waals surface area contributed by atoms with Gasteiger partial charge in [0.1, 0.15) is 5.75 Å². The fourth-order valence-electron chi connectivity index (χ4n) is 1.33. The van der Waals surface area contributed by atoms with E-state index in [1.807, 2.05) is 0 Å². The van der Waals surface area contributed by atoms with Gasteiger partial charge in [-0.05, 0) is 19.1 Å². The van der Waals surface area contributed by atoms with Gasteiger partial charge in [-0.25, -0.2) is 8.42 Å². The van der Waals surface area contributed by atoms with Crippen LogP contribution in [0.5, 0.6) is 5.75 Å². The fourth-order valence-corrected chi connectivity index (χ4v) is 2.10. The van der Waals surface area contributed by atoms with Gasteiger partial charge in [-0.1, -0.05) is 0 Å². The van der Waals surface area contributed by atoms with Crippen LogP contribution < -0.4 is 10.1 Å². The number of hydrogen-bond donors (Lipinski definition) is 1. The number of nitrogens with one attached hydrogen (secondary N) is 1. The van der Waals surface area contributed by atoms with Gasteiger partial charge in [-0.2, -0.15) is 0 Å². The minimum absolute atomic E-state index is 0.0590. The molecular weight excluding hydrogens is 254 g/mol. The Balaban J connectivity index is 2.48. The molecule has 2 rings (SSSR count). The highest BCUT2D eigenvalue weighted by Crippen LogP contribution is 2.32. The molecule has 1 N–H and O–H groups in total. The van der Waals surface area contributed by atoms with Crippen molar-refractivity contribution in [2.45, 2.75) is 17.9 Å². The van der Waals surface area contributed by atoms with Crippen molar-refractivity contribution in [3.05, 3.63) is 18.2 Å². The Hall–Kier alpha value is -1.27. The van der Waals surface area contributed by atoms with E-state index >= 15 is 0 Å². The Bertz CT molecular complexity index is 555. The van der Waals surface area contributed by atoms with Crippen molar-refractivity contribution in [2.24, 2.45) is 0 Å². The molecule has 0 aromatic heterocycles. The number of carbonyl (C=O) groups is 1. The number of fused-ring (bicyclic) bond motifs is 1. The van der Waals surface area contributed by atoms with Gasteiger partial charge in [0.2, 0.25) is 0 Å². The van der Waals surface area contributed by atoms with Gasteiger partial charge in [0, 0.05) is 16.7 Å². The number of benzene rings is 1. The second kappa shape index (κ2) is 3.64. The zero-order valence-electron chi connectivity index (χ0n) is 8.23. The number of carbonyl (C=O) groups excluding carboxylic acids is 1. The highest BCUT2D eigenvalue weighted by molar-refractivity contribution is 8.13. The molecule has 1 atom stereocenters. The number of ether oxygens (including phenoxy) is 1. The lowest BCUT2D eigenvalue weighted by Crippen LogP contribution is -2.34. The zero-order valence-corrected chi connectivity index (χ0v) is 9.80. The summed E-state index contributed by atoms with van der Waals surface area (Å²) in [6, 6.07) is 4.03. The fraction of sp³-hybridized carbons (Fsp3) is 0.222. The highest BCUT2D eigenvalue weighted by Gasteiger charge is 2.24. The summed E-state index contributed by atoms with van der Waals surface area (Å²) >= 11 is 0. The summed E-state index contributed by atoms with van der Waals surface area (Å²) in [6.07, 6.45) is -0.652. The zero-order chi connectivity index (χ0) is 11.9. The number of hydrogen-bond acceptors (Lipinski definition) is 4. The maximum absolute atomic E-state index is 11.3. The van der Waals surface area contributed by atoms with E-state index in [0.717, 1.165) is 0 Å². The summed E-state index contributed by atoms with van der Waals surface area (Å²) in [6.45, 7) is 1.57. The van der Waals surface area contributed by atoms with Crippen molar-refractivity contribution in [2.75, 3.05) is 5.32 Å². The van der Waals surface area contributed by atoms with Crippen molar-refractivity contribution < 1.29 is 17.9 Å². The Morgan fingerprint density at radius 3 is 2.75 bits per heavy atom. The molecule has 0 aliphatic carbocycles. The molecule has 0 spiro atoms. The Kier molecular flexibility index (Phi) is 2.55. The third-order valence-electron chi connectivity index (χ3n) is 2.17. The smallest absolute Gasteiger partial charge is 0.265 e. The van der Waals surface area contributed by atoms with Gasteiger partial charge in [-0.3, -0.25) is 4.79 Å². The highest BCUT2D eigenvalue weighted by atomic mass is 35.7. The predicted molar refractivity (Wildman–Crippen MR) is 58.2 cm³/mol. The molecule has 1 amide bonds. The number of rotatable bonds is 1. The van der Waals surface area contributed by atoms with Crippen LogP contribution in [0.2, 0.25) is 0 Å². The van der Waals surface area contributed by atoms with E-state index < -0.39 is 15.2 Å². The number of anilines is 1. The van der Waals surface area contributed by atoms with Gasteiger partial charge in [0.05, 0.1) is 10.6 Å². The lowest BCUT2D eigenvalue weighted by molar-refractivity contribution is -0.122. The van der Waals surface area contributed by atoms with Crippen molar-refractivity contribution >= 4 is 31.3 Å². The first kappa shape index (κ1) is 11.2. The van der Waals surface area contributed by atoms with Crippen LogP contribution in [0.3, 0.4) is 0 Å². The maximum atomic E-state index is 11.3. The number of halogens is 1. The average molecular weight is 262 g/mol. The molecule has 1 heterocycles. The summed E-state index contributed by atoms with van der Waals surface area (Å²) in [5, 5.41) is 2.59. The summed E-state index contributed by atoms with van der Waals surface area (Å²) in [5.74, 6) is 0.0304. The van der Waals surface area contributed by atoms with Gasteiger partial charge in [0.15, 0.2) is 6.10 Å². The first-order chi connectivity index (χ1) is 7.38. The molecule has 5 nitrogen and oxygen atoms in total. The van der Waals surface area contributed by atoms with Crippen LogP contribution in [-0.4, -0.2) is 20.4 Å². The molecule has 0 saturated carbocycles. The molecule has 16 heavy (non-hydrogen) atoms. The van der Waals surface area contributed by atoms with E-state index in [0.29, 0.717) is 11.4 Å². The van der Waals surface area contributed by atoms with E-state index in [2.05, 4.69) is 5.32 Å². The molecular formula is C9H8ClNO4S. The first-order valence-corrected chi connectivity index (χ1v) is 6.75. The summed E-state index contributed by atoms with van der Waals surface area (Å²) in [5.41, 5.74) is 0.437. The second-order valence-electron chi connectivity index (χ2n) is 3.35. The Labute approximate surface area is 96.8 Å². The van der Waals surface area contributed by atoms with Crippen molar-refractivity contribution in [1.29, 1.82) is 0 Å². The largest absolute Gasteiger partial charge is 0.479 e. The molecule has 1 aromatic rings. The van der Waals surface area contributed by atoms with E-state index in [-0.39, 0.29) is 10.8 Å². The molecule has 0 bridgehead atoms. The average Bonchev–Trinajstić information content (AvgIpc) is 2.17. The monoisotopic (exact) mass is 261 g/mol. The second-order valence-corrected chi connectivity index (χ2v) is 5.91. The molecule has 1 aliphatic heterocycles. The first-order valence-electron chi connectivity index (χ1n) is 4.44. The molecule has 1 aromatic carbocycles. The normalized spacial score (nSPS) is 19.6. The van der Waals surface area contributed by atoms with Gasteiger partial charge in [0.25, 0.3) is 15.0 Å². The van der Waals surface area contributed by atoms with Crippen molar-refractivity contribution in [3.63, 3.8) is 0 Å². The van der Waals surface area contributed by atoms with Crippen LogP contribution in [-0.2, 0) is 13.8 Å². The molecule has 7 heteroatoms. The van der Waals surface area contributed by atoms with Crippen LogP contribution in [0.1, 0.15) is 6.92 Å². The summed E-state index contributed by atoms with van der Waals surface area (Å²) < 4.78 is 27.4. The Morgan fingerprint density at radius 1 is 1.44 bits per heavy atom. The molecule has 0 radical (unpaired) electrons. The molecule has 0 fully saturated rings. The van der Waals surface area contributed by atoms with Crippen LogP contribution in [0.25, 0.3) is 0 Å². The Morgan fingerprint density at radius 2 is 2.12 bits per heavy atom. The van der Waals surface area contributed by atoms with Crippen LogP contribution in [0.4, 0.5) is 5.69 Å². The van der Waals surface area contributed by atoms with E-state index in [1.165, 1.54) is 18.2 Å². The minimum atomic E-state index is -3.79. The minimum Gasteiger partial charge on any atom is -0.479 e. The van der Waals surface area contributed by atoms with Crippen LogP contribution >= 0.6 is 10.7 Å². The standard InChI is InChI=1S/C9H8ClNO4S/c1-5-9(12)11-7-3-2-6(16(10,13)14)4-8(7)15-5/h2-5H,1H3,(H,11,12). The lowest BCUT2D eigenvalue weighted by atomic mass is 10.2. The maximum Gasteiger partial charge on any atom is 0.265 e. The van der Waals surface area contributed by atoms with Gasteiger partial charge in [-0.15, -0.1) is 0 Å². The quantitative estimate of drug-likeness (QED) is 0.774. The number of amides is 1. The van der Waals surface area contributed by atoms with Gasteiger partial charge < -0.3 is 10.1 Å². The predicted octanol–water partition coefficient (Wildman–Crippen LogP) is 1.33.